The van der Waals surface area contributed by atoms with Crippen molar-refractivity contribution >= 4 is 29.4 Å². The minimum absolute atomic E-state index is 0.110. The highest BCUT2D eigenvalue weighted by Gasteiger charge is 2.37. The number of imide groups is 1. The van der Waals surface area contributed by atoms with Crippen molar-refractivity contribution in [3.05, 3.63) is 64.2 Å². The van der Waals surface area contributed by atoms with Crippen LogP contribution in [0.4, 0.5) is 5.69 Å². The summed E-state index contributed by atoms with van der Waals surface area (Å²) in [5.41, 5.74) is 3.31. The van der Waals surface area contributed by atoms with E-state index in [4.69, 9.17) is 4.74 Å². The second-order valence-corrected chi connectivity index (χ2v) is 9.08. The molecule has 0 radical (unpaired) electrons. The summed E-state index contributed by atoms with van der Waals surface area (Å²) in [6.45, 7) is 11.2. The van der Waals surface area contributed by atoms with E-state index in [1.165, 1.54) is 18.2 Å². The third-order valence-electron chi connectivity index (χ3n) is 5.64. The second kappa shape index (κ2) is 9.57. The van der Waals surface area contributed by atoms with Gasteiger partial charge in [0.1, 0.15) is 0 Å². The maximum absolute atomic E-state index is 12.6. The molecule has 1 aliphatic heterocycles. The summed E-state index contributed by atoms with van der Waals surface area (Å²) in [5, 5.41) is 2.90. The van der Waals surface area contributed by atoms with Gasteiger partial charge in [0, 0.05) is 11.7 Å². The van der Waals surface area contributed by atoms with Crippen LogP contribution in [-0.4, -0.2) is 41.2 Å². The first-order chi connectivity index (χ1) is 15.5. The summed E-state index contributed by atoms with van der Waals surface area (Å²) in [5.74, 6) is -1.59. The van der Waals surface area contributed by atoms with Crippen molar-refractivity contribution < 1.29 is 23.9 Å². The Hall–Kier alpha value is -3.48. The summed E-state index contributed by atoms with van der Waals surface area (Å²) >= 11 is 0. The summed E-state index contributed by atoms with van der Waals surface area (Å²) in [4.78, 5) is 51.3. The molecule has 2 aromatic rings. The molecule has 7 nitrogen and oxygen atoms in total. The summed E-state index contributed by atoms with van der Waals surface area (Å²) in [7, 11) is 0. The quantitative estimate of drug-likeness (QED) is 0.486. The number of para-hydroxylation sites is 1. The van der Waals surface area contributed by atoms with Gasteiger partial charge in [0.25, 0.3) is 17.7 Å². The average Bonchev–Trinajstić information content (AvgIpc) is 3.01. The van der Waals surface area contributed by atoms with Crippen LogP contribution in [-0.2, 0) is 9.53 Å². The van der Waals surface area contributed by atoms with Gasteiger partial charge in [-0.2, -0.15) is 0 Å². The van der Waals surface area contributed by atoms with Crippen molar-refractivity contribution in [2.75, 3.05) is 11.9 Å². The highest BCUT2D eigenvalue weighted by molar-refractivity contribution is 6.22. The number of hydrogen-bond acceptors (Lipinski definition) is 5. The number of anilines is 1. The molecule has 0 aromatic heterocycles. The molecule has 0 aliphatic carbocycles. The predicted molar refractivity (Wildman–Crippen MR) is 126 cm³/mol. The fourth-order valence-corrected chi connectivity index (χ4v) is 3.94. The van der Waals surface area contributed by atoms with Crippen molar-refractivity contribution in [1.29, 1.82) is 0 Å². The lowest BCUT2D eigenvalue weighted by atomic mass is 9.92. The number of rotatable bonds is 7. The van der Waals surface area contributed by atoms with Gasteiger partial charge in [-0.25, -0.2) is 4.79 Å². The van der Waals surface area contributed by atoms with Gasteiger partial charge >= 0.3 is 5.97 Å². The van der Waals surface area contributed by atoms with E-state index < -0.39 is 24.4 Å². The smallest absolute Gasteiger partial charge is 0.338 e. The summed E-state index contributed by atoms with van der Waals surface area (Å²) < 4.78 is 5.20. The fourth-order valence-electron chi connectivity index (χ4n) is 3.94. The molecule has 0 atom stereocenters. The van der Waals surface area contributed by atoms with E-state index in [1.807, 2.05) is 18.2 Å². The monoisotopic (exact) mass is 450 g/mol. The van der Waals surface area contributed by atoms with Gasteiger partial charge in [0.15, 0.2) is 6.61 Å². The zero-order valence-corrected chi connectivity index (χ0v) is 19.9. The van der Waals surface area contributed by atoms with Crippen LogP contribution in [0.2, 0.25) is 0 Å². The van der Waals surface area contributed by atoms with Crippen LogP contribution in [0.5, 0.6) is 0 Å². The molecule has 33 heavy (non-hydrogen) atoms. The number of esters is 1. The van der Waals surface area contributed by atoms with Crippen LogP contribution < -0.4 is 5.32 Å². The van der Waals surface area contributed by atoms with E-state index in [1.54, 1.807) is 13.8 Å². The van der Waals surface area contributed by atoms with E-state index in [-0.39, 0.29) is 40.5 Å². The number of hydrogen-bond donors (Lipinski definition) is 1. The predicted octanol–water partition coefficient (Wildman–Crippen LogP) is 4.73. The lowest BCUT2D eigenvalue weighted by molar-refractivity contribution is -0.119. The number of fused-ring (bicyclic) bond motifs is 1. The minimum Gasteiger partial charge on any atom is -0.452 e. The summed E-state index contributed by atoms with van der Waals surface area (Å²) in [6, 6.07) is 9.86. The number of carbonyl (C=O) groups is 4. The van der Waals surface area contributed by atoms with Crippen molar-refractivity contribution in [2.24, 2.45) is 0 Å². The Labute approximate surface area is 194 Å². The van der Waals surface area contributed by atoms with Gasteiger partial charge in [-0.15, -0.1) is 0 Å². The van der Waals surface area contributed by atoms with Crippen LogP contribution in [0.1, 0.15) is 95.6 Å². The molecule has 3 amide bonds. The van der Waals surface area contributed by atoms with Gasteiger partial charge in [-0.05, 0) is 55.0 Å². The van der Waals surface area contributed by atoms with Gasteiger partial charge in [-0.3, -0.25) is 19.3 Å². The van der Waals surface area contributed by atoms with E-state index >= 15 is 0 Å². The van der Waals surface area contributed by atoms with Gasteiger partial charge in [-0.1, -0.05) is 45.9 Å². The molecular formula is C26H30N2O5. The first-order valence-electron chi connectivity index (χ1n) is 11.1. The molecule has 1 heterocycles. The maximum atomic E-state index is 12.6. The van der Waals surface area contributed by atoms with Crippen LogP contribution in [0.15, 0.2) is 36.4 Å². The Balaban J connectivity index is 1.72. The summed E-state index contributed by atoms with van der Waals surface area (Å²) in [6.07, 6.45) is 0. The Morgan fingerprint density at radius 2 is 1.45 bits per heavy atom. The number of benzene rings is 2. The lowest BCUT2D eigenvalue weighted by Crippen LogP contribution is -2.35. The van der Waals surface area contributed by atoms with Crippen molar-refractivity contribution in [3.8, 4) is 0 Å². The minimum atomic E-state index is -0.738. The van der Waals surface area contributed by atoms with E-state index in [0.29, 0.717) is 0 Å². The SMILES string of the molecule is CC(C)c1cccc(C(C)C)c1NC(=O)COC(=O)c1ccc2c(c1)C(=O)N(C(C)C)C2=O. The molecule has 1 aliphatic rings. The van der Waals surface area contributed by atoms with Crippen molar-refractivity contribution in [3.63, 3.8) is 0 Å². The zero-order chi connectivity index (χ0) is 24.4. The number of carbonyl (C=O) groups excluding carboxylic acids is 4. The first kappa shape index (κ1) is 24.2. The van der Waals surface area contributed by atoms with Gasteiger partial charge < -0.3 is 10.1 Å². The second-order valence-electron chi connectivity index (χ2n) is 9.08. The van der Waals surface area contributed by atoms with Crippen molar-refractivity contribution in [2.45, 2.75) is 59.4 Å². The number of nitrogens with one attached hydrogen (secondary N) is 1. The maximum Gasteiger partial charge on any atom is 0.338 e. The molecular weight excluding hydrogens is 420 g/mol. The molecule has 0 fully saturated rings. The molecule has 0 bridgehead atoms. The highest BCUT2D eigenvalue weighted by atomic mass is 16.5. The highest BCUT2D eigenvalue weighted by Crippen LogP contribution is 2.32. The van der Waals surface area contributed by atoms with Crippen molar-refractivity contribution in [1.82, 2.24) is 4.90 Å². The number of nitrogens with zero attached hydrogens (tertiary/aromatic N) is 1. The van der Waals surface area contributed by atoms with E-state index in [9.17, 15) is 19.2 Å². The lowest BCUT2D eigenvalue weighted by Gasteiger charge is -2.20. The van der Waals surface area contributed by atoms with Crippen LogP contribution in [0.25, 0.3) is 0 Å². The Kier molecular flexibility index (Phi) is 7.01. The standard InChI is InChI=1S/C26H30N2O5/c1-14(2)18-8-7-9-19(15(3)4)23(18)27-22(29)13-33-26(32)17-10-11-20-21(12-17)25(31)28(16(5)6)24(20)30/h7-12,14-16H,13H2,1-6H3,(H,27,29). The molecule has 174 valence electrons. The van der Waals surface area contributed by atoms with Crippen LogP contribution in [0, 0.1) is 0 Å². The third kappa shape index (κ3) is 4.82. The Morgan fingerprint density at radius 3 is 2.00 bits per heavy atom. The third-order valence-corrected chi connectivity index (χ3v) is 5.64. The van der Waals surface area contributed by atoms with Crippen LogP contribution in [0.3, 0.4) is 0 Å². The largest absolute Gasteiger partial charge is 0.452 e. The molecule has 0 spiro atoms. The molecule has 0 saturated carbocycles. The zero-order valence-electron chi connectivity index (χ0n) is 19.9. The first-order valence-corrected chi connectivity index (χ1v) is 11.1. The van der Waals surface area contributed by atoms with E-state index in [2.05, 4.69) is 33.0 Å². The molecule has 2 aromatic carbocycles. The molecule has 1 N–H and O–H groups in total. The van der Waals surface area contributed by atoms with Gasteiger partial charge in [0.05, 0.1) is 16.7 Å². The van der Waals surface area contributed by atoms with Gasteiger partial charge in [0.2, 0.25) is 0 Å². The molecule has 3 rings (SSSR count). The normalized spacial score (nSPS) is 13.2. The van der Waals surface area contributed by atoms with E-state index in [0.717, 1.165) is 21.7 Å². The molecule has 0 saturated heterocycles. The average molecular weight is 451 g/mol. The molecule has 7 heteroatoms. The van der Waals surface area contributed by atoms with Crippen LogP contribution >= 0.6 is 0 Å². The Morgan fingerprint density at radius 1 is 0.879 bits per heavy atom. The number of ether oxygens (including phenoxy) is 1. The Bertz CT molecular complexity index is 1090. The number of amides is 3. The molecule has 0 unspecified atom stereocenters. The topological polar surface area (TPSA) is 92.8 Å². The fraction of sp³-hybridized carbons (Fsp3) is 0.385.